The Morgan fingerprint density at radius 2 is 1.65 bits per heavy atom. The molecule has 0 bridgehead atoms. The van der Waals surface area contributed by atoms with Gasteiger partial charge in [-0.2, -0.15) is 0 Å². The van der Waals surface area contributed by atoms with Crippen molar-refractivity contribution >= 4 is 17.3 Å². The van der Waals surface area contributed by atoms with E-state index in [9.17, 15) is 25.0 Å². The van der Waals surface area contributed by atoms with Crippen LogP contribution in [0.1, 0.15) is 10.4 Å². The molecule has 9 heteroatoms. The summed E-state index contributed by atoms with van der Waals surface area (Å²) in [4.78, 5) is 30.5. The molecular formula is C8H7N3O6. The van der Waals surface area contributed by atoms with Gasteiger partial charge in [0.25, 0.3) is 5.75 Å². The van der Waals surface area contributed by atoms with Crippen molar-refractivity contribution < 1.29 is 19.4 Å². The van der Waals surface area contributed by atoms with Crippen LogP contribution in [0.4, 0.5) is 11.4 Å². The molecule has 0 aliphatic rings. The van der Waals surface area contributed by atoms with Crippen molar-refractivity contribution in [2.24, 2.45) is 5.73 Å². The lowest BCUT2D eigenvalue weighted by atomic mass is 10.1. The molecule has 1 aromatic carbocycles. The number of methoxy groups -OCH3 is 1. The maximum absolute atomic E-state index is 10.9. The molecule has 0 aliphatic heterocycles. The van der Waals surface area contributed by atoms with Crippen LogP contribution in [0.15, 0.2) is 12.1 Å². The van der Waals surface area contributed by atoms with Gasteiger partial charge >= 0.3 is 11.4 Å². The predicted octanol–water partition coefficient (Wildman–Crippen LogP) is 0.610. The number of rotatable bonds is 4. The van der Waals surface area contributed by atoms with Crippen LogP contribution < -0.4 is 10.5 Å². The highest BCUT2D eigenvalue weighted by Gasteiger charge is 2.28. The molecule has 1 rings (SSSR count). The van der Waals surface area contributed by atoms with Crippen LogP contribution >= 0.6 is 0 Å². The summed E-state index contributed by atoms with van der Waals surface area (Å²) in [6, 6.07) is 1.66. The molecular weight excluding hydrogens is 234 g/mol. The summed E-state index contributed by atoms with van der Waals surface area (Å²) >= 11 is 0. The van der Waals surface area contributed by atoms with Crippen LogP contribution in [0.3, 0.4) is 0 Å². The van der Waals surface area contributed by atoms with Gasteiger partial charge in [0.15, 0.2) is 0 Å². The van der Waals surface area contributed by atoms with Crippen molar-refractivity contribution in [1.29, 1.82) is 0 Å². The van der Waals surface area contributed by atoms with Gasteiger partial charge in [-0.15, -0.1) is 0 Å². The fourth-order valence-electron chi connectivity index (χ4n) is 1.22. The number of amides is 1. The molecule has 0 fully saturated rings. The van der Waals surface area contributed by atoms with E-state index in [1.54, 1.807) is 0 Å². The molecule has 0 spiro atoms. The molecule has 0 saturated carbocycles. The maximum Gasteiger partial charge on any atom is 0.319 e. The Kier molecular flexibility index (Phi) is 3.22. The minimum Gasteiger partial charge on any atom is -0.485 e. The Balaban J connectivity index is 3.63. The van der Waals surface area contributed by atoms with Crippen LogP contribution in [0.25, 0.3) is 0 Å². The molecule has 0 aromatic heterocycles. The Morgan fingerprint density at radius 1 is 1.24 bits per heavy atom. The number of primary amides is 1. The highest BCUT2D eigenvalue weighted by molar-refractivity contribution is 5.95. The van der Waals surface area contributed by atoms with Gasteiger partial charge in [-0.05, 0) is 0 Å². The smallest absolute Gasteiger partial charge is 0.319 e. The topological polar surface area (TPSA) is 139 Å². The van der Waals surface area contributed by atoms with Gasteiger partial charge in [-0.25, -0.2) is 0 Å². The highest BCUT2D eigenvalue weighted by Crippen LogP contribution is 2.37. The summed E-state index contributed by atoms with van der Waals surface area (Å²) in [6.07, 6.45) is 0. The van der Waals surface area contributed by atoms with E-state index in [0.717, 1.165) is 19.2 Å². The third kappa shape index (κ3) is 2.27. The zero-order valence-electron chi connectivity index (χ0n) is 8.58. The number of nitrogens with two attached hydrogens (primary N) is 1. The Bertz CT molecular complexity index is 477. The van der Waals surface area contributed by atoms with Crippen molar-refractivity contribution in [1.82, 2.24) is 0 Å². The fourth-order valence-corrected chi connectivity index (χ4v) is 1.22. The third-order valence-corrected chi connectivity index (χ3v) is 1.93. The van der Waals surface area contributed by atoms with Gasteiger partial charge in [0.2, 0.25) is 5.91 Å². The van der Waals surface area contributed by atoms with Crippen molar-refractivity contribution in [2.45, 2.75) is 0 Å². The van der Waals surface area contributed by atoms with E-state index in [2.05, 4.69) is 4.74 Å². The number of hydrogen-bond donors (Lipinski definition) is 1. The molecule has 90 valence electrons. The fraction of sp³-hybridized carbons (Fsp3) is 0.125. The minimum atomic E-state index is -1.00. The van der Waals surface area contributed by atoms with Gasteiger partial charge in [0.1, 0.15) is 0 Å². The SMILES string of the molecule is COc1c([N+](=O)[O-])cc(C(N)=O)cc1[N+](=O)[O-]. The van der Waals surface area contributed by atoms with E-state index in [1.165, 1.54) is 0 Å². The lowest BCUT2D eigenvalue weighted by molar-refractivity contribution is -0.395. The summed E-state index contributed by atoms with van der Waals surface area (Å²) in [5.74, 6) is -1.52. The monoisotopic (exact) mass is 241 g/mol. The second-order valence-corrected chi connectivity index (χ2v) is 2.93. The molecule has 0 unspecified atom stereocenters. The zero-order chi connectivity index (χ0) is 13.2. The van der Waals surface area contributed by atoms with E-state index >= 15 is 0 Å². The molecule has 0 heterocycles. The number of carbonyl (C=O) groups excluding carboxylic acids is 1. The maximum atomic E-state index is 10.9. The number of benzene rings is 1. The average Bonchev–Trinajstić information content (AvgIpc) is 2.26. The average molecular weight is 241 g/mol. The van der Waals surface area contributed by atoms with Crippen LogP contribution in [0.5, 0.6) is 5.75 Å². The van der Waals surface area contributed by atoms with E-state index in [4.69, 9.17) is 5.73 Å². The normalized spacial score (nSPS) is 9.71. The van der Waals surface area contributed by atoms with Gasteiger partial charge in [-0.3, -0.25) is 25.0 Å². The number of hydrogen-bond acceptors (Lipinski definition) is 6. The quantitative estimate of drug-likeness (QED) is 0.605. The molecule has 2 N–H and O–H groups in total. The Morgan fingerprint density at radius 3 is 1.88 bits per heavy atom. The van der Waals surface area contributed by atoms with Crippen molar-refractivity contribution in [3.63, 3.8) is 0 Å². The number of ether oxygens (including phenoxy) is 1. The van der Waals surface area contributed by atoms with Gasteiger partial charge in [0, 0.05) is 12.1 Å². The van der Waals surface area contributed by atoms with Crippen molar-refractivity contribution in [2.75, 3.05) is 7.11 Å². The third-order valence-electron chi connectivity index (χ3n) is 1.93. The Labute approximate surface area is 94.1 Å². The zero-order valence-corrected chi connectivity index (χ0v) is 8.58. The molecule has 0 atom stereocenters. The van der Waals surface area contributed by atoms with Crippen molar-refractivity contribution in [3.8, 4) is 5.75 Å². The second-order valence-electron chi connectivity index (χ2n) is 2.93. The van der Waals surface area contributed by atoms with Crippen LogP contribution in [-0.4, -0.2) is 22.9 Å². The number of nitro benzene ring substituents is 2. The first-order valence-corrected chi connectivity index (χ1v) is 4.19. The first-order valence-electron chi connectivity index (χ1n) is 4.19. The van der Waals surface area contributed by atoms with Crippen molar-refractivity contribution in [3.05, 3.63) is 37.9 Å². The van der Waals surface area contributed by atoms with Crippen LogP contribution in [0.2, 0.25) is 0 Å². The first-order chi connectivity index (χ1) is 7.88. The van der Waals surface area contributed by atoms with Gasteiger partial charge in [0.05, 0.1) is 22.5 Å². The largest absolute Gasteiger partial charge is 0.485 e. The second kappa shape index (κ2) is 4.43. The van der Waals surface area contributed by atoms with E-state index in [-0.39, 0.29) is 5.56 Å². The summed E-state index contributed by atoms with van der Waals surface area (Å²) in [6.45, 7) is 0. The molecule has 0 saturated heterocycles. The lowest BCUT2D eigenvalue weighted by Crippen LogP contribution is -2.12. The summed E-state index contributed by atoms with van der Waals surface area (Å²) in [7, 11) is 1.05. The molecule has 0 radical (unpaired) electrons. The standard InChI is InChI=1S/C8H7N3O6/c1-17-7-5(10(13)14)2-4(8(9)12)3-6(7)11(15)16/h2-3H,1H3,(H2,9,12). The van der Waals surface area contributed by atoms with E-state index in [1.807, 2.05) is 0 Å². The first kappa shape index (κ1) is 12.4. The minimum absolute atomic E-state index is 0.329. The number of carbonyl (C=O) groups is 1. The predicted molar refractivity (Wildman–Crippen MR) is 54.8 cm³/mol. The molecule has 0 aliphatic carbocycles. The van der Waals surface area contributed by atoms with Gasteiger partial charge < -0.3 is 10.5 Å². The van der Waals surface area contributed by atoms with E-state index < -0.39 is 32.9 Å². The highest BCUT2D eigenvalue weighted by atomic mass is 16.6. The van der Waals surface area contributed by atoms with E-state index in [0.29, 0.717) is 0 Å². The van der Waals surface area contributed by atoms with Crippen LogP contribution in [0, 0.1) is 20.2 Å². The molecule has 9 nitrogen and oxygen atoms in total. The molecule has 1 amide bonds. The summed E-state index contributed by atoms with van der Waals surface area (Å²) in [5, 5.41) is 21.4. The molecule has 17 heavy (non-hydrogen) atoms. The van der Waals surface area contributed by atoms with Gasteiger partial charge in [-0.1, -0.05) is 0 Å². The Hall–Kier alpha value is -2.71. The lowest BCUT2D eigenvalue weighted by Gasteiger charge is -2.04. The molecule has 1 aromatic rings. The summed E-state index contributed by atoms with van der Waals surface area (Å²) in [5.41, 5.74) is 3.22. The number of nitro groups is 2. The van der Waals surface area contributed by atoms with Crippen LogP contribution in [-0.2, 0) is 0 Å². The summed E-state index contributed by atoms with van der Waals surface area (Å²) < 4.78 is 4.60. The number of nitrogens with zero attached hydrogens (tertiary/aromatic N) is 2.